The first kappa shape index (κ1) is 16.0. The number of benzene rings is 1. The van der Waals surface area contributed by atoms with Crippen molar-refractivity contribution in [3.63, 3.8) is 0 Å². The molecule has 2 rings (SSSR count). The molecule has 20 heavy (non-hydrogen) atoms. The zero-order valence-electron chi connectivity index (χ0n) is 10.5. The third-order valence-corrected chi connectivity index (χ3v) is 6.50. The molecule has 2 aromatic rings. The Labute approximate surface area is 138 Å². The molecule has 0 aliphatic rings. The molecule has 0 saturated heterocycles. The Kier molecular flexibility index (Phi) is 4.91. The first-order valence-corrected chi connectivity index (χ1v) is 9.47. The first-order valence-electron chi connectivity index (χ1n) is 5.59. The van der Waals surface area contributed by atoms with Gasteiger partial charge in [-0.2, -0.15) is 0 Å². The van der Waals surface area contributed by atoms with Crippen LogP contribution in [0.1, 0.15) is 10.4 Å². The number of rotatable bonds is 4. The summed E-state index contributed by atoms with van der Waals surface area (Å²) in [6, 6.07) is 6.93. The summed E-state index contributed by atoms with van der Waals surface area (Å²) >= 11 is 8.12. The summed E-state index contributed by atoms with van der Waals surface area (Å²) in [4.78, 5) is 1.14. The van der Waals surface area contributed by atoms with Crippen LogP contribution in [0.15, 0.2) is 37.4 Å². The Morgan fingerprint density at radius 3 is 2.60 bits per heavy atom. The van der Waals surface area contributed by atoms with E-state index in [2.05, 4.69) is 36.6 Å². The summed E-state index contributed by atoms with van der Waals surface area (Å²) in [7, 11) is -3.58. The number of thiophene rings is 1. The predicted octanol–water partition coefficient (Wildman–Crippen LogP) is 3.64. The van der Waals surface area contributed by atoms with E-state index < -0.39 is 10.0 Å². The molecule has 0 bridgehead atoms. The van der Waals surface area contributed by atoms with Crippen molar-refractivity contribution in [3.05, 3.63) is 43.0 Å². The fourth-order valence-electron chi connectivity index (χ4n) is 1.65. The van der Waals surface area contributed by atoms with E-state index in [4.69, 9.17) is 5.73 Å². The molecule has 4 nitrogen and oxygen atoms in total. The maximum atomic E-state index is 12.3. The topological polar surface area (TPSA) is 72.2 Å². The largest absolute Gasteiger partial charge is 0.398 e. The maximum absolute atomic E-state index is 12.3. The van der Waals surface area contributed by atoms with Gasteiger partial charge in [0.15, 0.2) is 0 Å². The van der Waals surface area contributed by atoms with Gasteiger partial charge in [-0.05, 0) is 68.6 Å². The molecule has 0 aliphatic carbocycles. The van der Waals surface area contributed by atoms with Crippen LogP contribution in [0.4, 0.5) is 5.69 Å². The molecule has 3 N–H and O–H groups in total. The van der Waals surface area contributed by atoms with E-state index in [0.29, 0.717) is 15.7 Å². The van der Waals surface area contributed by atoms with Crippen LogP contribution in [0.5, 0.6) is 0 Å². The van der Waals surface area contributed by atoms with E-state index in [-0.39, 0.29) is 11.4 Å². The van der Waals surface area contributed by atoms with Crippen LogP contribution in [-0.4, -0.2) is 8.42 Å². The van der Waals surface area contributed by atoms with Gasteiger partial charge in [0.2, 0.25) is 10.0 Å². The quantitative estimate of drug-likeness (QED) is 0.714. The second-order valence-electron chi connectivity index (χ2n) is 4.17. The minimum atomic E-state index is -3.58. The normalized spacial score (nSPS) is 11.8. The number of sulfonamides is 1. The lowest BCUT2D eigenvalue weighted by Gasteiger charge is -2.10. The lowest BCUT2D eigenvalue weighted by molar-refractivity contribution is 0.581. The zero-order chi connectivity index (χ0) is 14.9. The number of nitrogens with one attached hydrogen (secondary N) is 1. The molecule has 1 aromatic carbocycles. The van der Waals surface area contributed by atoms with Crippen molar-refractivity contribution in [3.8, 4) is 0 Å². The molecule has 0 amide bonds. The predicted molar refractivity (Wildman–Crippen MR) is 89.3 cm³/mol. The van der Waals surface area contributed by atoms with Gasteiger partial charge in [-0.15, -0.1) is 11.3 Å². The van der Waals surface area contributed by atoms with Crippen molar-refractivity contribution >= 4 is 58.9 Å². The second-order valence-corrected chi connectivity index (χ2v) is 9.31. The molecular weight excluding hydrogens is 428 g/mol. The first-order chi connectivity index (χ1) is 9.29. The molecule has 0 spiro atoms. The molecule has 1 aromatic heterocycles. The van der Waals surface area contributed by atoms with Gasteiger partial charge in [0.05, 0.1) is 8.68 Å². The molecule has 0 radical (unpaired) electrons. The van der Waals surface area contributed by atoms with Crippen molar-refractivity contribution < 1.29 is 8.42 Å². The number of halogens is 2. The Hall–Kier alpha value is -0.410. The average molecular weight is 440 g/mol. The van der Waals surface area contributed by atoms with Gasteiger partial charge in [0.1, 0.15) is 0 Å². The summed E-state index contributed by atoms with van der Waals surface area (Å²) in [6.07, 6.45) is 0. The van der Waals surface area contributed by atoms with Crippen molar-refractivity contribution in [2.24, 2.45) is 0 Å². The number of aryl methyl sites for hydroxylation is 1. The van der Waals surface area contributed by atoms with Crippen LogP contribution in [0, 0.1) is 6.92 Å². The number of nitrogens with two attached hydrogens (primary N) is 1. The van der Waals surface area contributed by atoms with Crippen LogP contribution in [-0.2, 0) is 16.6 Å². The molecular formula is C12H12Br2N2O2S2. The number of hydrogen-bond donors (Lipinski definition) is 2. The zero-order valence-corrected chi connectivity index (χ0v) is 15.3. The fourth-order valence-corrected chi connectivity index (χ4v) is 4.89. The van der Waals surface area contributed by atoms with E-state index in [1.165, 1.54) is 17.4 Å². The highest BCUT2D eigenvalue weighted by Gasteiger charge is 2.18. The van der Waals surface area contributed by atoms with Gasteiger partial charge in [-0.3, -0.25) is 0 Å². The lowest BCUT2D eigenvalue weighted by Crippen LogP contribution is -2.23. The highest BCUT2D eigenvalue weighted by Crippen LogP contribution is 2.27. The minimum Gasteiger partial charge on any atom is -0.398 e. The number of anilines is 1. The highest BCUT2D eigenvalue weighted by atomic mass is 79.9. The summed E-state index contributed by atoms with van der Waals surface area (Å²) in [5.41, 5.74) is 6.80. The van der Waals surface area contributed by atoms with Gasteiger partial charge in [-0.1, -0.05) is 0 Å². The Morgan fingerprint density at radius 1 is 1.30 bits per heavy atom. The molecule has 0 fully saturated rings. The molecule has 108 valence electrons. The summed E-state index contributed by atoms with van der Waals surface area (Å²) < 4.78 is 28.9. The summed E-state index contributed by atoms with van der Waals surface area (Å²) in [5, 5.41) is 0. The highest BCUT2D eigenvalue weighted by molar-refractivity contribution is 9.11. The van der Waals surface area contributed by atoms with Crippen molar-refractivity contribution in [1.82, 2.24) is 4.72 Å². The molecule has 8 heteroatoms. The van der Waals surface area contributed by atoms with Gasteiger partial charge < -0.3 is 5.73 Å². The van der Waals surface area contributed by atoms with Gasteiger partial charge >= 0.3 is 0 Å². The maximum Gasteiger partial charge on any atom is 0.241 e. The van der Waals surface area contributed by atoms with Crippen molar-refractivity contribution in [2.75, 3.05) is 5.73 Å². The van der Waals surface area contributed by atoms with E-state index in [1.54, 1.807) is 13.0 Å². The number of nitrogen functional groups attached to an aromatic ring is 1. The SMILES string of the molecule is Cc1cc(Br)c(N)cc1S(=O)(=O)NCc1ccc(Br)s1. The molecule has 0 aliphatic heterocycles. The smallest absolute Gasteiger partial charge is 0.241 e. The van der Waals surface area contributed by atoms with Crippen molar-refractivity contribution in [1.29, 1.82) is 0 Å². The molecule has 1 heterocycles. The van der Waals surface area contributed by atoms with Crippen LogP contribution in [0.3, 0.4) is 0 Å². The molecule has 0 atom stereocenters. The monoisotopic (exact) mass is 438 g/mol. The Balaban J connectivity index is 2.24. The van der Waals surface area contributed by atoms with Crippen LogP contribution in [0.2, 0.25) is 0 Å². The minimum absolute atomic E-state index is 0.203. The van der Waals surface area contributed by atoms with Gasteiger partial charge in [-0.25, -0.2) is 13.1 Å². The van der Waals surface area contributed by atoms with E-state index in [0.717, 1.165) is 8.66 Å². The second kappa shape index (κ2) is 6.15. The Morgan fingerprint density at radius 2 is 2.00 bits per heavy atom. The summed E-state index contributed by atoms with van der Waals surface area (Å²) in [5.74, 6) is 0. The standard InChI is InChI=1S/C12H12Br2N2O2S2/c1-7-4-9(13)10(15)5-11(7)20(17,18)16-6-8-2-3-12(14)19-8/h2-5,16H,6,15H2,1H3. The fraction of sp³-hybridized carbons (Fsp3) is 0.167. The van der Waals surface area contributed by atoms with Gasteiger partial charge in [0.25, 0.3) is 0 Å². The van der Waals surface area contributed by atoms with Crippen LogP contribution >= 0.6 is 43.2 Å². The lowest BCUT2D eigenvalue weighted by atomic mass is 10.2. The summed E-state index contributed by atoms with van der Waals surface area (Å²) in [6.45, 7) is 1.99. The van der Waals surface area contributed by atoms with E-state index >= 15 is 0 Å². The van der Waals surface area contributed by atoms with Gasteiger partial charge in [0, 0.05) is 21.6 Å². The van der Waals surface area contributed by atoms with Crippen LogP contribution < -0.4 is 10.5 Å². The van der Waals surface area contributed by atoms with Crippen molar-refractivity contribution in [2.45, 2.75) is 18.4 Å². The molecule has 0 saturated carbocycles. The third kappa shape index (κ3) is 3.62. The van der Waals surface area contributed by atoms with E-state index in [1.807, 2.05) is 12.1 Å². The van der Waals surface area contributed by atoms with E-state index in [9.17, 15) is 8.42 Å². The number of hydrogen-bond acceptors (Lipinski definition) is 4. The average Bonchev–Trinajstić information content (AvgIpc) is 2.77. The third-order valence-electron chi connectivity index (χ3n) is 2.65. The van der Waals surface area contributed by atoms with Crippen LogP contribution in [0.25, 0.3) is 0 Å². The Bertz CT molecular complexity index is 742. The molecule has 0 unspecified atom stereocenters.